The van der Waals surface area contributed by atoms with Crippen molar-refractivity contribution in [2.45, 2.75) is 160 Å². The Bertz CT molecular complexity index is 2310. The highest BCUT2D eigenvalue weighted by molar-refractivity contribution is 5.97. The average molecular weight is 1010 g/mol. The van der Waals surface area contributed by atoms with E-state index in [1.807, 2.05) is 39.8 Å². The molecule has 13 heteroatoms. The first kappa shape index (κ1) is 61.4. The van der Waals surface area contributed by atoms with Gasteiger partial charge < -0.3 is 55.4 Å². The van der Waals surface area contributed by atoms with Gasteiger partial charge in [0.1, 0.15) is 34.8 Å². The fraction of sp³-hybridized carbons (Fsp3) is 0.433. The Kier molecular flexibility index (Phi) is 28.4. The largest absolute Gasteiger partial charge is 0.507 e. The molecule has 0 aliphatic carbocycles. The Morgan fingerprint density at radius 2 is 0.945 bits per heavy atom. The summed E-state index contributed by atoms with van der Waals surface area (Å²) in [6.07, 6.45) is 24.9. The summed E-state index contributed by atoms with van der Waals surface area (Å²) >= 11 is 0. The molecule has 5 unspecified atom stereocenters. The number of hydrogen-bond acceptors (Lipinski definition) is 13. The van der Waals surface area contributed by atoms with Crippen LogP contribution >= 0.6 is 0 Å². The van der Waals surface area contributed by atoms with Gasteiger partial charge in [-0.2, -0.15) is 0 Å². The van der Waals surface area contributed by atoms with Gasteiger partial charge >= 0.3 is 11.9 Å². The van der Waals surface area contributed by atoms with Crippen LogP contribution in [0.5, 0.6) is 11.5 Å². The lowest BCUT2D eigenvalue weighted by atomic mass is 9.98. The number of aliphatic hydroxyl groups is 7. The van der Waals surface area contributed by atoms with Crippen LogP contribution in [0, 0.1) is 5.92 Å². The predicted molar refractivity (Wildman–Crippen MR) is 288 cm³/mol. The first-order chi connectivity index (χ1) is 34.8. The molecule has 398 valence electrons. The molecule has 0 aromatic heterocycles. The summed E-state index contributed by atoms with van der Waals surface area (Å²) in [6.45, 7) is 9.46. The summed E-state index contributed by atoms with van der Waals surface area (Å²) in [6, 6.07) is 9.32. The number of rotatable bonds is 5. The Morgan fingerprint density at radius 3 is 1.36 bits per heavy atom. The summed E-state index contributed by atoms with van der Waals surface area (Å²) in [7, 11) is 0. The summed E-state index contributed by atoms with van der Waals surface area (Å²) in [5.41, 5.74) is 2.48. The molecule has 0 bridgehead atoms. The van der Waals surface area contributed by atoms with E-state index in [4.69, 9.17) is 9.47 Å². The van der Waals surface area contributed by atoms with Gasteiger partial charge in [-0.25, -0.2) is 9.59 Å². The standard InChI is InChI=1S/C60H80O13/c1-6-46(61)38-54-40-50(65)30-20-28-48(63)37-52(67)35-43(5)21-13-9-7-11-15-23-44-25-17-31-55(68)57(44)59(70)72-53(33-41(2)3)39-49(64)29-19-27-47(62)36-51(66)34-42(4)22-14-10-8-12-16-24-45-26-18-32-56(69)58(45)60(71)73-54/h7-28,31-32,41,46-54,61-69H,6,29-30,33-40H2,1-5H3/b11-7+,12-8+,13-9+,14-10+,23-15-,24-16-,27-19+,28-20+,42-22+,43-21+/t46?,47-,48-,49?,50?,51+,52+,53?,54?/m1/s1. The lowest BCUT2D eigenvalue weighted by Crippen LogP contribution is -2.28. The smallest absolute Gasteiger partial charge is 0.342 e. The highest BCUT2D eigenvalue weighted by atomic mass is 16.5. The van der Waals surface area contributed by atoms with E-state index >= 15 is 0 Å². The number of phenolic OH excluding ortho intramolecular Hbond substituents is 2. The third-order valence-corrected chi connectivity index (χ3v) is 11.8. The number of ether oxygens (including phenoxy) is 2. The highest BCUT2D eigenvalue weighted by Gasteiger charge is 2.26. The third kappa shape index (κ3) is 25.1. The number of esters is 2. The molecule has 0 saturated carbocycles. The van der Waals surface area contributed by atoms with Gasteiger partial charge in [0.05, 0.1) is 42.7 Å². The summed E-state index contributed by atoms with van der Waals surface area (Å²) in [5.74, 6) is -1.95. The van der Waals surface area contributed by atoms with Crippen molar-refractivity contribution in [1.29, 1.82) is 0 Å². The quantitative estimate of drug-likeness (QED) is 0.100. The van der Waals surface area contributed by atoms with E-state index in [1.165, 1.54) is 24.3 Å². The molecule has 3 rings (SSSR count). The molecule has 0 fully saturated rings. The highest BCUT2D eigenvalue weighted by Crippen LogP contribution is 2.28. The summed E-state index contributed by atoms with van der Waals surface area (Å²) < 4.78 is 11.7. The maximum absolute atomic E-state index is 13.6. The van der Waals surface area contributed by atoms with Crippen LogP contribution in [-0.2, 0) is 9.47 Å². The first-order valence-electron chi connectivity index (χ1n) is 25.3. The minimum Gasteiger partial charge on any atom is -0.507 e. The molecule has 13 nitrogen and oxygen atoms in total. The molecule has 0 radical (unpaired) electrons. The van der Waals surface area contributed by atoms with Gasteiger partial charge in [-0.3, -0.25) is 0 Å². The van der Waals surface area contributed by atoms with E-state index in [2.05, 4.69) is 0 Å². The van der Waals surface area contributed by atoms with Gasteiger partial charge in [0.2, 0.25) is 0 Å². The SMILES string of the molecule is CCC(O)CC1CC(O)C/C=C/[C@@H](O)C[C@@H](O)C/C(C)=C/C=C/C=C/C=C\c2cccc(O)c2C(=O)OC(CC(C)C)CC(O)C/C=C/[C@@H](O)C[C@@H](O)C/C(C)=C/C=C/C=C/C=C\c2cccc(O)c2C(=O)O1. The Balaban J connectivity index is 1.83. The van der Waals surface area contributed by atoms with Crippen molar-refractivity contribution < 1.29 is 65.0 Å². The molecule has 0 amide bonds. The van der Waals surface area contributed by atoms with Gasteiger partial charge in [0.15, 0.2) is 0 Å². The summed E-state index contributed by atoms with van der Waals surface area (Å²) in [5, 5.41) is 96.5. The number of aromatic hydroxyl groups is 2. The number of carbonyl (C=O) groups is 2. The Morgan fingerprint density at radius 1 is 0.548 bits per heavy atom. The molecule has 9 atom stereocenters. The number of carbonyl (C=O) groups excluding carboxylic acids is 2. The van der Waals surface area contributed by atoms with E-state index in [1.54, 1.807) is 116 Å². The van der Waals surface area contributed by atoms with Crippen molar-refractivity contribution in [3.8, 4) is 11.5 Å². The van der Waals surface area contributed by atoms with Crippen molar-refractivity contribution in [3.63, 3.8) is 0 Å². The van der Waals surface area contributed by atoms with Gasteiger partial charge in [-0.15, -0.1) is 0 Å². The second kappa shape index (κ2) is 33.8. The Labute approximate surface area is 432 Å². The number of fused-ring (bicyclic) bond motifs is 2. The fourth-order valence-corrected chi connectivity index (χ4v) is 8.13. The average Bonchev–Trinajstić information content (AvgIpc) is 3.30. The van der Waals surface area contributed by atoms with E-state index in [0.29, 0.717) is 36.8 Å². The molecule has 0 spiro atoms. The predicted octanol–water partition coefficient (Wildman–Crippen LogP) is 9.61. The van der Waals surface area contributed by atoms with Crippen LogP contribution in [0.4, 0.5) is 0 Å². The van der Waals surface area contributed by atoms with Gasteiger partial charge in [0, 0.05) is 32.1 Å². The van der Waals surface area contributed by atoms with Gasteiger partial charge in [0.25, 0.3) is 0 Å². The van der Waals surface area contributed by atoms with E-state index in [-0.39, 0.29) is 73.5 Å². The zero-order valence-corrected chi connectivity index (χ0v) is 43.1. The topological polar surface area (TPSA) is 235 Å². The molecule has 73 heavy (non-hydrogen) atoms. The Hall–Kier alpha value is -5.90. The van der Waals surface area contributed by atoms with Crippen molar-refractivity contribution in [2.75, 3.05) is 0 Å². The first-order valence-corrected chi connectivity index (χ1v) is 25.3. The lowest BCUT2D eigenvalue weighted by molar-refractivity contribution is -0.00293. The zero-order chi connectivity index (χ0) is 53.7. The monoisotopic (exact) mass is 1010 g/mol. The minimum atomic E-state index is -1.00. The van der Waals surface area contributed by atoms with Crippen molar-refractivity contribution >= 4 is 24.1 Å². The normalized spacial score (nSPS) is 30.1. The van der Waals surface area contributed by atoms with Gasteiger partial charge in [-0.05, 0) is 81.5 Å². The second-order valence-corrected chi connectivity index (χ2v) is 19.2. The number of hydrogen-bond donors (Lipinski definition) is 9. The van der Waals surface area contributed by atoms with Crippen molar-refractivity contribution in [3.05, 3.63) is 167 Å². The van der Waals surface area contributed by atoms with Gasteiger partial charge in [-0.1, -0.05) is 166 Å². The minimum absolute atomic E-state index is 0.00375. The van der Waals surface area contributed by atoms with Crippen LogP contribution in [0.2, 0.25) is 0 Å². The molecule has 9 N–H and O–H groups in total. The van der Waals surface area contributed by atoms with Crippen LogP contribution in [0.3, 0.4) is 0 Å². The number of phenols is 2. The van der Waals surface area contributed by atoms with E-state index in [9.17, 15) is 55.5 Å². The second-order valence-electron chi connectivity index (χ2n) is 19.2. The lowest BCUT2D eigenvalue weighted by Gasteiger charge is -2.23. The van der Waals surface area contributed by atoms with Crippen LogP contribution < -0.4 is 0 Å². The molecular formula is C60H80O13. The molecule has 0 saturated heterocycles. The molecule has 2 aromatic carbocycles. The van der Waals surface area contributed by atoms with E-state index in [0.717, 1.165) is 11.1 Å². The number of cyclic esters (lactones) is 2. The molecule has 1 aliphatic heterocycles. The number of benzene rings is 2. The zero-order valence-electron chi connectivity index (χ0n) is 43.1. The molecule has 2 aromatic rings. The number of aliphatic hydroxyl groups excluding tert-OH is 7. The number of allylic oxidation sites excluding steroid dienone is 12. The van der Waals surface area contributed by atoms with Crippen molar-refractivity contribution in [2.24, 2.45) is 5.92 Å². The molecular weight excluding hydrogens is 929 g/mol. The summed E-state index contributed by atoms with van der Waals surface area (Å²) in [4.78, 5) is 27.1. The van der Waals surface area contributed by atoms with Crippen LogP contribution in [0.25, 0.3) is 12.2 Å². The fourth-order valence-electron chi connectivity index (χ4n) is 8.13. The molecule has 1 heterocycles. The molecule has 1 aliphatic rings. The van der Waals surface area contributed by atoms with Crippen molar-refractivity contribution in [1.82, 2.24) is 0 Å². The van der Waals surface area contributed by atoms with Crippen LogP contribution in [0.1, 0.15) is 137 Å². The maximum atomic E-state index is 13.6. The van der Waals surface area contributed by atoms with Crippen LogP contribution in [0.15, 0.2) is 145 Å². The van der Waals surface area contributed by atoms with E-state index < -0.39 is 66.9 Å². The maximum Gasteiger partial charge on any atom is 0.342 e. The third-order valence-electron chi connectivity index (χ3n) is 11.8. The van der Waals surface area contributed by atoms with Crippen LogP contribution in [-0.4, -0.2) is 113 Å².